The molecule has 0 aromatic rings. The van der Waals surface area contributed by atoms with Gasteiger partial charge in [-0.3, -0.25) is 9.59 Å². The number of aliphatic hydroxyl groups is 2. The molecule has 0 aromatic carbocycles. The van der Waals surface area contributed by atoms with Gasteiger partial charge in [0.25, 0.3) is 11.2 Å². The molecule has 276 valence electrons. The van der Waals surface area contributed by atoms with E-state index in [9.17, 15) is 75.4 Å². The van der Waals surface area contributed by atoms with Crippen LogP contribution in [0.4, 0.5) is 65.9 Å². The average Bonchev–Trinajstić information content (AvgIpc) is 2.78. The Morgan fingerprint density at radius 3 is 1.04 bits per heavy atom. The third kappa shape index (κ3) is 10.9. The molecule has 21 heteroatoms. The van der Waals surface area contributed by atoms with E-state index in [1.54, 1.807) is 0 Å². The van der Waals surface area contributed by atoms with Gasteiger partial charge >= 0.3 is 42.8 Å². The van der Waals surface area contributed by atoms with Crippen molar-refractivity contribution in [3.8, 4) is 0 Å². The van der Waals surface area contributed by atoms with Crippen LogP contribution in [-0.2, 0) is 19.1 Å². The molecule has 46 heavy (non-hydrogen) atoms. The quantitative estimate of drug-likeness (QED) is 0.185. The largest absolute Gasteiger partial charge is 0.462 e. The molecule has 0 aliphatic rings. The van der Waals surface area contributed by atoms with E-state index in [4.69, 9.17) is 14.9 Å². The fraction of sp³-hybridized carbons (Fsp3) is 0.920. The number of hydrogen-bond acceptors (Lipinski definition) is 6. The fourth-order valence-corrected chi connectivity index (χ4v) is 2.91. The maximum absolute atomic E-state index is 12.9. The van der Waals surface area contributed by atoms with Gasteiger partial charge in [0, 0.05) is 12.8 Å². The minimum Gasteiger partial charge on any atom is -0.462 e. The van der Waals surface area contributed by atoms with Crippen LogP contribution < -0.4 is 0 Å². The summed E-state index contributed by atoms with van der Waals surface area (Å²) in [5.41, 5.74) is -16.8. The standard InChI is InChI=1S/C15H18F12O4.C10H17F3O2/c1-4-9(2,3)8(28)31-7(5-10(29,12(16,17)18)13(19,20)21)6-11(30,14(22,23)24)15(25,26)27;1-6-9(5,10(11,12)13)7(14)15-8(2,3)4/h7,29-30H,4-6H2,1-3H3;6H2,1-5H3. The lowest BCUT2D eigenvalue weighted by molar-refractivity contribution is -0.386. The molecule has 0 aliphatic carbocycles. The zero-order chi connectivity index (χ0) is 38.0. The smallest absolute Gasteiger partial charge is 0.426 e. The van der Waals surface area contributed by atoms with Crippen molar-refractivity contribution < 1.29 is 95.1 Å². The van der Waals surface area contributed by atoms with Crippen molar-refractivity contribution >= 4 is 11.9 Å². The lowest BCUT2D eigenvalue weighted by Crippen LogP contribution is -2.62. The van der Waals surface area contributed by atoms with Crippen molar-refractivity contribution in [2.75, 3.05) is 0 Å². The van der Waals surface area contributed by atoms with E-state index < -0.39 is 89.4 Å². The Morgan fingerprint density at radius 2 is 0.848 bits per heavy atom. The summed E-state index contributed by atoms with van der Waals surface area (Å²) in [5.74, 6) is -2.97. The number of alkyl halides is 15. The molecule has 2 N–H and O–H groups in total. The molecule has 0 aromatic heterocycles. The summed E-state index contributed by atoms with van der Waals surface area (Å²) in [7, 11) is 0. The number of halogens is 15. The Hall–Kier alpha value is -2.19. The summed E-state index contributed by atoms with van der Waals surface area (Å²) in [5, 5.41) is 18.3. The zero-order valence-corrected chi connectivity index (χ0v) is 25.6. The summed E-state index contributed by atoms with van der Waals surface area (Å²) in [4.78, 5) is 23.4. The highest BCUT2D eigenvalue weighted by Crippen LogP contribution is 2.51. The summed E-state index contributed by atoms with van der Waals surface area (Å²) >= 11 is 0. The first-order valence-electron chi connectivity index (χ1n) is 12.9. The molecule has 0 fully saturated rings. The molecule has 1 unspecified atom stereocenters. The van der Waals surface area contributed by atoms with E-state index in [1.165, 1.54) is 34.6 Å². The Kier molecular flexibility index (Phi) is 14.1. The van der Waals surface area contributed by atoms with Crippen molar-refractivity contribution in [3.63, 3.8) is 0 Å². The molecule has 0 saturated carbocycles. The first-order valence-corrected chi connectivity index (χ1v) is 12.9. The predicted molar refractivity (Wildman–Crippen MR) is 128 cm³/mol. The Bertz CT molecular complexity index is 950. The first kappa shape index (κ1) is 45.9. The summed E-state index contributed by atoms with van der Waals surface area (Å²) in [6.45, 7) is 10.0. The van der Waals surface area contributed by atoms with Gasteiger partial charge in [0.2, 0.25) is 0 Å². The Balaban J connectivity index is 0. The molecule has 0 saturated heterocycles. The molecule has 6 nitrogen and oxygen atoms in total. The van der Waals surface area contributed by atoms with Crippen LogP contribution in [0.25, 0.3) is 0 Å². The predicted octanol–water partition coefficient (Wildman–Crippen LogP) is 8.13. The van der Waals surface area contributed by atoms with Crippen LogP contribution in [0.5, 0.6) is 0 Å². The Morgan fingerprint density at radius 1 is 0.543 bits per heavy atom. The molecule has 0 rings (SSSR count). The van der Waals surface area contributed by atoms with Crippen molar-refractivity contribution in [2.24, 2.45) is 10.8 Å². The monoisotopic (exact) mass is 716 g/mol. The molecular formula is C25H35F15O6. The number of rotatable bonds is 9. The molecule has 0 bridgehead atoms. The minimum absolute atomic E-state index is 0.232. The highest BCUT2D eigenvalue weighted by molar-refractivity contribution is 5.77. The lowest BCUT2D eigenvalue weighted by atomic mass is 9.86. The highest BCUT2D eigenvalue weighted by atomic mass is 19.4. The number of esters is 2. The van der Waals surface area contributed by atoms with Crippen LogP contribution in [0, 0.1) is 10.8 Å². The van der Waals surface area contributed by atoms with Crippen LogP contribution in [-0.4, -0.2) is 75.9 Å². The zero-order valence-electron chi connectivity index (χ0n) is 25.6. The topological polar surface area (TPSA) is 93.1 Å². The fourth-order valence-electron chi connectivity index (χ4n) is 2.91. The van der Waals surface area contributed by atoms with Crippen LogP contribution >= 0.6 is 0 Å². The van der Waals surface area contributed by atoms with Crippen molar-refractivity contribution in [3.05, 3.63) is 0 Å². The van der Waals surface area contributed by atoms with Crippen LogP contribution in [0.2, 0.25) is 0 Å². The van der Waals surface area contributed by atoms with Gasteiger partial charge < -0.3 is 19.7 Å². The van der Waals surface area contributed by atoms with Gasteiger partial charge in [-0.1, -0.05) is 13.8 Å². The first-order chi connectivity index (χ1) is 19.7. The normalized spacial score (nSPS) is 16.0. The van der Waals surface area contributed by atoms with Crippen LogP contribution in [0.1, 0.15) is 81.1 Å². The molecule has 0 amide bonds. The lowest BCUT2D eigenvalue weighted by Gasteiger charge is -2.39. The van der Waals surface area contributed by atoms with Gasteiger partial charge in [-0.25, -0.2) is 0 Å². The SMILES string of the molecule is CCC(C)(C(=O)OC(C)(C)C)C(F)(F)F.CCC(C)(C)C(=O)OC(CC(O)(C(F)(F)F)C(F)(F)F)CC(O)(C(F)(F)F)C(F)(F)F. The number of carbonyl (C=O) groups excluding carboxylic acids is 2. The molecule has 0 spiro atoms. The average molecular weight is 717 g/mol. The summed E-state index contributed by atoms with van der Waals surface area (Å²) in [6.07, 6.45) is -41.1. The van der Waals surface area contributed by atoms with Gasteiger partial charge in [0.1, 0.15) is 11.7 Å². The van der Waals surface area contributed by atoms with E-state index in [1.807, 2.05) is 0 Å². The van der Waals surface area contributed by atoms with Gasteiger partial charge in [-0.15, -0.1) is 0 Å². The van der Waals surface area contributed by atoms with Crippen LogP contribution in [0.15, 0.2) is 0 Å². The third-order valence-electron chi connectivity index (χ3n) is 6.81. The second kappa shape index (κ2) is 14.1. The van der Waals surface area contributed by atoms with E-state index in [0.29, 0.717) is 0 Å². The van der Waals surface area contributed by atoms with E-state index in [0.717, 1.165) is 20.8 Å². The molecule has 0 radical (unpaired) electrons. The molecular weight excluding hydrogens is 681 g/mol. The van der Waals surface area contributed by atoms with E-state index >= 15 is 0 Å². The number of hydrogen-bond donors (Lipinski definition) is 2. The Labute approximate surface area is 253 Å². The highest BCUT2D eigenvalue weighted by Gasteiger charge is 2.74. The van der Waals surface area contributed by atoms with Crippen molar-refractivity contribution in [2.45, 2.75) is 135 Å². The van der Waals surface area contributed by atoms with Crippen LogP contribution in [0.3, 0.4) is 0 Å². The van der Waals surface area contributed by atoms with E-state index in [-0.39, 0.29) is 12.8 Å². The summed E-state index contributed by atoms with van der Waals surface area (Å²) in [6, 6.07) is 0. The van der Waals surface area contributed by atoms with Crippen molar-refractivity contribution in [1.29, 1.82) is 0 Å². The van der Waals surface area contributed by atoms with Gasteiger partial charge in [0.15, 0.2) is 5.41 Å². The number of carbonyl (C=O) groups is 2. The third-order valence-corrected chi connectivity index (χ3v) is 6.81. The molecule has 1 atom stereocenters. The van der Waals surface area contributed by atoms with Gasteiger partial charge in [-0.05, 0) is 54.4 Å². The summed E-state index contributed by atoms with van der Waals surface area (Å²) < 4.78 is 201. The number of ether oxygens (including phenoxy) is 2. The second-order valence-electron chi connectivity index (χ2n) is 12.1. The van der Waals surface area contributed by atoms with Gasteiger partial charge in [0.05, 0.1) is 5.41 Å². The van der Waals surface area contributed by atoms with Gasteiger partial charge in [-0.2, -0.15) is 65.9 Å². The molecule has 0 heterocycles. The minimum atomic E-state index is -6.63. The second-order valence-corrected chi connectivity index (χ2v) is 12.1. The van der Waals surface area contributed by atoms with E-state index in [2.05, 4.69) is 4.74 Å². The maximum atomic E-state index is 12.9. The van der Waals surface area contributed by atoms with Crippen molar-refractivity contribution in [1.82, 2.24) is 0 Å². The molecule has 0 aliphatic heterocycles. The maximum Gasteiger partial charge on any atom is 0.426 e.